The van der Waals surface area contributed by atoms with Crippen molar-refractivity contribution in [1.29, 1.82) is 0 Å². The molecular formula is C30H31ClN6O2. The molecule has 0 spiro atoms. The third-order valence-corrected chi connectivity index (χ3v) is 8.40. The molecule has 4 heterocycles. The van der Waals surface area contributed by atoms with E-state index in [2.05, 4.69) is 37.6 Å². The molecule has 2 saturated carbocycles. The largest absolute Gasteiger partial charge is 0.388 e. The first-order valence-corrected chi connectivity index (χ1v) is 14.1. The van der Waals surface area contributed by atoms with E-state index >= 15 is 0 Å². The molecule has 39 heavy (non-hydrogen) atoms. The summed E-state index contributed by atoms with van der Waals surface area (Å²) in [6, 6.07) is 13.6. The van der Waals surface area contributed by atoms with Crippen LogP contribution in [0.4, 0.5) is 11.5 Å². The van der Waals surface area contributed by atoms with Crippen LogP contribution in [0.1, 0.15) is 59.6 Å². The molecule has 7 rings (SSSR count). The highest BCUT2D eigenvalue weighted by Crippen LogP contribution is 2.48. The minimum atomic E-state index is -0.521. The summed E-state index contributed by atoms with van der Waals surface area (Å²) in [7, 11) is 0. The molecular weight excluding hydrogens is 512 g/mol. The van der Waals surface area contributed by atoms with E-state index in [1.165, 1.54) is 18.4 Å². The molecule has 3 unspecified atom stereocenters. The van der Waals surface area contributed by atoms with Crippen molar-refractivity contribution in [3.63, 3.8) is 0 Å². The van der Waals surface area contributed by atoms with Gasteiger partial charge in [-0.25, -0.2) is 9.97 Å². The lowest BCUT2D eigenvalue weighted by atomic mass is 9.90. The van der Waals surface area contributed by atoms with Crippen molar-refractivity contribution in [2.45, 2.75) is 43.7 Å². The van der Waals surface area contributed by atoms with Crippen molar-refractivity contribution < 1.29 is 9.90 Å². The molecule has 3 aliphatic rings. The van der Waals surface area contributed by atoms with Crippen LogP contribution >= 0.6 is 11.6 Å². The van der Waals surface area contributed by atoms with Crippen molar-refractivity contribution in [2.24, 2.45) is 11.8 Å². The molecule has 4 N–H and O–H groups in total. The quantitative estimate of drug-likeness (QED) is 0.241. The van der Waals surface area contributed by atoms with Gasteiger partial charge in [0, 0.05) is 65.9 Å². The Hall–Kier alpha value is -3.46. The van der Waals surface area contributed by atoms with Gasteiger partial charge in [-0.3, -0.25) is 4.79 Å². The topological polar surface area (TPSA) is 104 Å². The maximum absolute atomic E-state index is 12.8. The van der Waals surface area contributed by atoms with Gasteiger partial charge in [0.1, 0.15) is 11.5 Å². The Morgan fingerprint density at radius 2 is 2.03 bits per heavy atom. The highest BCUT2D eigenvalue weighted by Gasteiger charge is 2.44. The molecule has 0 bridgehead atoms. The molecule has 3 aromatic heterocycles. The lowest BCUT2D eigenvalue weighted by Gasteiger charge is -2.32. The zero-order valence-electron chi connectivity index (χ0n) is 21.5. The molecule has 0 radical (unpaired) electrons. The van der Waals surface area contributed by atoms with Crippen molar-refractivity contribution in [2.75, 3.05) is 23.7 Å². The molecule has 4 aromatic rings. The summed E-state index contributed by atoms with van der Waals surface area (Å²) in [6.45, 7) is 2.18. The number of nitrogens with zero attached hydrogens (tertiary/aromatic N) is 3. The average molecular weight is 543 g/mol. The fraction of sp³-hybridized carbons (Fsp3) is 0.367. The summed E-state index contributed by atoms with van der Waals surface area (Å²) >= 11 is 6.12. The van der Waals surface area contributed by atoms with E-state index in [1.807, 2.05) is 42.6 Å². The summed E-state index contributed by atoms with van der Waals surface area (Å²) in [6.07, 6.45) is 8.59. The highest BCUT2D eigenvalue weighted by atomic mass is 35.5. The lowest BCUT2D eigenvalue weighted by molar-refractivity contribution is -0.117. The SMILES string of the molecule is O=C(Nc1cc(NCc2cn3cc(C4CC4)cc(C(O)C4CNC4)c3n2)ccn1)C1CC1c1cccc(Cl)c1. The second kappa shape index (κ2) is 9.93. The van der Waals surface area contributed by atoms with E-state index in [-0.39, 0.29) is 23.7 Å². The van der Waals surface area contributed by atoms with Gasteiger partial charge in [0.25, 0.3) is 0 Å². The molecule has 200 valence electrons. The molecule has 8 nitrogen and oxygen atoms in total. The Balaban J connectivity index is 1.03. The van der Waals surface area contributed by atoms with Crippen LogP contribution in [-0.4, -0.2) is 38.5 Å². The predicted molar refractivity (Wildman–Crippen MR) is 151 cm³/mol. The normalized spacial score (nSPS) is 21.4. The van der Waals surface area contributed by atoms with E-state index in [4.69, 9.17) is 16.6 Å². The van der Waals surface area contributed by atoms with Crippen molar-refractivity contribution >= 4 is 34.7 Å². The Labute approximate surface area is 231 Å². The van der Waals surface area contributed by atoms with Gasteiger partial charge in [-0.2, -0.15) is 0 Å². The minimum absolute atomic E-state index is 0.0239. The van der Waals surface area contributed by atoms with Crippen LogP contribution in [0.15, 0.2) is 61.1 Å². The van der Waals surface area contributed by atoms with Gasteiger partial charge in [-0.05, 0) is 66.5 Å². The molecule has 3 fully saturated rings. The van der Waals surface area contributed by atoms with E-state index in [0.717, 1.165) is 47.7 Å². The number of anilines is 2. The van der Waals surface area contributed by atoms with Crippen LogP contribution < -0.4 is 16.0 Å². The molecule has 1 aliphatic heterocycles. The summed E-state index contributed by atoms with van der Waals surface area (Å²) in [5.74, 6) is 1.44. The first-order chi connectivity index (χ1) is 19.0. The van der Waals surface area contributed by atoms with Crippen LogP contribution in [0.5, 0.6) is 0 Å². The number of benzene rings is 1. The van der Waals surface area contributed by atoms with E-state index in [0.29, 0.717) is 23.3 Å². The molecule has 1 saturated heterocycles. The number of aliphatic hydroxyl groups is 1. The number of aromatic nitrogens is 3. The monoisotopic (exact) mass is 542 g/mol. The number of carbonyl (C=O) groups excluding carboxylic acids is 1. The maximum atomic E-state index is 12.8. The molecule has 3 atom stereocenters. The van der Waals surface area contributed by atoms with Crippen LogP contribution in [0, 0.1) is 11.8 Å². The predicted octanol–water partition coefficient (Wildman–Crippen LogP) is 4.87. The second-order valence-electron chi connectivity index (χ2n) is 11.1. The number of hydrogen-bond donors (Lipinski definition) is 4. The first kappa shape index (κ1) is 24.6. The third-order valence-electron chi connectivity index (χ3n) is 8.17. The number of amides is 1. The fourth-order valence-corrected chi connectivity index (χ4v) is 5.74. The maximum Gasteiger partial charge on any atom is 0.229 e. The van der Waals surface area contributed by atoms with Gasteiger partial charge < -0.3 is 25.5 Å². The zero-order chi connectivity index (χ0) is 26.5. The summed E-state index contributed by atoms with van der Waals surface area (Å²) < 4.78 is 2.07. The Morgan fingerprint density at radius 3 is 2.79 bits per heavy atom. The van der Waals surface area contributed by atoms with E-state index in [9.17, 15) is 9.90 Å². The standard InChI is InChI=1S/C30H31ClN6O2/c31-21-3-1-2-18(8-21)24-11-25(24)30(39)36-27-10-22(6-7-33-27)34-14-23-16-37-15-19(17-4-5-17)9-26(29(37)35-23)28(38)20-12-32-13-20/h1-3,6-10,15-17,20,24-25,28,32,38H,4-5,11-14H2,(H2,33,34,36,39). The van der Waals surface area contributed by atoms with Gasteiger partial charge in [-0.15, -0.1) is 0 Å². The lowest BCUT2D eigenvalue weighted by Crippen LogP contribution is -2.45. The Bertz CT molecular complexity index is 1550. The number of pyridine rings is 2. The van der Waals surface area contributed by atoms with Crippen molar-refractivity contribution in [1.82, 2.24) is 19.7 Å². The molecule has 1 amide bonds. The second-order valence-corrected chi connectivity index (χ2v) is 11.5. The van der Waals surface area contributed by atoms with E-state index < -0.39 is 6.10 Å². The average Bonchev–Trinajstić information content (AvgIpc) is 3.82. The van der Waals surface area contributed by atoms with Gasteiger partial charge in [0.2, 0.25) is 5.91 Å². The summed E-state index contributed by atoms with van der Waals surface area (Å²) in [5.41, 5.74) is 5.84. The fourth-order valence-electron chi connectivity index (χ4n) is 5.54. The van der Waals surface area contributed by atoms with Gasteiger partial charge in [0.15, 0.2) is 0 Å². The third kappa shape index (κ3) is 5.12. The number of halogens is 1. The van der Waals surface area contributed by atoms with Crippen LogP contribution in [-0.2, 0) is 11.3 Å². The number of aliphatic hydroxyl groups excluding tert-OH is 1. The number of rotatable bonds is 9. The number of nitrogens with one attached hydrogen (secondary N) is 3. The van der Waals surface area contributed by atoms with Crippen LogP contribution in [0.25, 0.3) is 5.65 Å². The number of hydrogen-bond acceptors (Lipinski definition) is 6. The minimum Gasteiger partial charge on any atom is -0.388 e. The number of fused-ring (bicyclic) bond motifs is 1. The number of carbonyl (C=O) groups is 1. The van der Waals surface area contributed by atoms with Crippen LogP contribution in [0.3, 0.4) is 0 Å². The Kier molecular flexibility index (Phi) is 6.26. The molecule has 1 aromatic carbocycles. The van der Waals surface area contributed by atoms with Crippen molar-refractivity contribution in [3.05, 3.63) is 88.5 Å². The van der Waals surface area contributed by atoms with E-state index in [1.54, 1.807) is 6.20 Å². The molecule has 9 heteroatoms. The van der Waals surface area contributed by atoms with Gasteiger partial charge in [-0.1, -0.05) is 23.7 Å². The summed E-state index contributed by atoms with van der Waals surface area (Å²) in [4.78, 5) is 22.1. The summed E-state index contributed by atoms with van der Waals surface area (Å²) in [5, 5.41) is 21.4. The number of imidazole rings is 1. The van der Waals surface area contributed by atoms with Gasteiger partial charge >= 0.3 is 0 Å². The van der Waals surface area contributed by atoms with Gasteiger partial charge in [0.05, 0.1) is 18.3 Å². The first-order valence-electron chi connectivity index (χ1n) is 13.7. The van der Waals surface area contributed by atoms with Crippen LogP contribution in [0.2, 0.25) is 5.02 Å². The Morgan fingerprint density at radius 1 is 1.15 bits per heavy atom. The molecule has 2 aliphatic carbocycles. The smallest absolute Gasteiger partial charge is 0.229 e. The zero-order valence-corrected chi connectivity index (χ0v) is 22.2. The van der Waals surface area contributed by atoms with Crippen molar-refractivity contribution in [3.8, 4) is 0 Å². The highest BCUT2D eigenvalue weighted by molar-refractivity contribution is 6.30.